The van der Waals surface area contributed by atoms with Crippen molar-refractivity contribution < 1.29 is 19.1 Å². The van der Waals surface area contributed by atoms with Gasteiger partial charge in [-0.1, -0.05) is 18.2 Å². The molecule has 2 N–H and O–H groups in total. The summed E-state index contributed by atoms with van der Waals surface area (Å²) in [5.41, 5.74) is 1.66. The molecule has 0 bridgehead atoms. The Balaban J connectivity index is 1.76. The first-order valence-electron chi connectivity index (χ1n) is 8.32. The molecule has 0 fully saturated rings. The highest BCUT2D eigenvalue weighted by Gasteiger charge is 2.12. The van der Waals surface area contributed by atoms with Crippen molar-refractivity contribution in [3.8, 4) is 5.75 Å². The van der Waals surface area contributed by atoms with Crippen molar-refractivity contribution in [1.29, 1.82) is 0 Å². The quantitative estimate of drug-likeness (QED) is 0.635. The number of esters is 1. The topological polar surface area (TPSA) is 102 Å². The molecule has 142 valence electrons. The van der Waals surface area contributed by atoms with Crippen LogP contribution in [0.3, 0.4) is 0 Å². The van der Waals surface area contributed by atoms with E-state index in [2.05, 4.69) is 25.3 Å². The minimum atomic E-state index is -0.485. The number of carbonyl (C=O) groups is 2. The van der Waals surface area contributed by atoms with Crippen molar-refractivity contribution in [2.45, 2.75) is 0 Å². The number of amides is 1. The lowest BCUT2D eigenvalue weighted by molar-refractivity contribution is 0.0600. The van der Waals surface area contributed by atoms with Crippen molar-refractivity contribution in [2.24, 2.45) is 0 Å². The number of anilines is 3. The van der Waals surface area contributed by atoms with Gasteiger partial charge in [-0.15, -0.1) is 0 Å². The summed E-state index contributed by atoms with van der Waals surface area (Å²) in [6.07, 6.45) is 1.29. The summed E-state index contributed by atoms with van der Waals surface area (Å²) in [5, 5.41) is 5.80. The minimum absolute atomic E-state index is 0.163. The van der Waals surface area contributed by atoms with Gasteiger partial charge in [0.15, 0.2) is 0 Å². The van der Waals surface area contributed by atoms with Gasteiger partial charge in [-0.05, 0) is 30.3 Å². The van der Waals surface area contributed by atoms with E-state index in [1.54, 1.807) is 25.3 Å². The summed E-state index contributed by atoms with van der Waals surface area (Å²) in [7, 11) is 2.87. The van der Waals surface area contributed by atoms with Crippen LogP contribution in [-0.4, -0.2) is 36.1 Å². The van der Waals surface area contributed by atoms with E-state index in [4.69, 9.17) is 4.74 Å². The lowest BCUT2D eigenvalue weighted by Crippen LogP contribution is -2.15. The molecule has 8 heteroatoms. The Hall–Kier alpha value is -3.94. The first-order valence-corrected chi connectivity index (χ1v) is 8.32. The van der Waals surface area contributed by atoms with Crippen LogP contribution in [0.2, 0.25) is 0 Å². The minimum Gasteiger partial charge on any atom is -0.495 e. The normalized spacial score (nSPS) is 10.1. The molecule has 0 saturated carbocycles. The van der Waals surface area contributed by atoms with E-state index >= 15 is 0 Å². The largest absolute Gasteiger partial charge is 0.495 e. The fourth-order valence-corrected chi connectivity index (χ4v) is 2.47. The van der Waals surface area contributed by atoms with Crippen molar-refractivity contribution in [3.05, 3.63) is 72.2 Å². The van der Waals surface area contributed by atoms with Crippen LogP contribution in [0, 0.1) is 0 Å². The highest BCUT2D eigenvalue weighted by molar-refractivity contribution is 6.04. The molecule has 0 aliphatic heterocycles. The van der Waals surface area contributed by atoms with Crippen molar-refractivity contribution in [3.63, 3.8) is 0 Å². The molecule has 1 aromatic heterocycles. The Kier molecular flexibility index (Phi) is 5.81. The van der Waals surface area contributed by atoms with Crippen LogP contribution in [0.5, 0.6) is 5.75 Å². The number of aromatic nitrogens is 2. The molecule has 28 heavy (non-hydrogen) atoms. The molecule has 8 nitrogen and oxygen atoms in total. The highest BCUT2D eigenvalue weighted by atomic mass is 16.5. The Bertz CT molecular complexity index is 1010. The standard InChI is InChI=1S/C20H18N4O4/c1-27-17-9-4-3-8-15(17)24-18-11-16(21-12-22-18)19(25)23-14-7-5-6-13(10-14)20(26)28-2/h3-12H,1-2H3,(H,23,25)(H,21,22,24). The Morgan fingerprint density at radius 1 is 0.964 bits per heavy atom. The van der Waals surface area contributed by atoms with Crippen LogP contribution in [0.25, 0.3) is 0 Å². The molecule has 2 aromatic carbocycles. The molecular weight excluding hydrogens is 360 g/mol. The molecule has 1 amide bonds. The van der Waals surface area contributed by atoms with E-state index in [1.165, 1.54) is 25.6 Å². The van der Waals surface area contributed by atoms with Gasteiger partial charge in [-0.25, -0.2) is 14.8 Å². The second-order valence-electron chi connectivity index (χ2n) is 5.64. The second kappa shape index (κ2) is 8.63. The van der Waals surface area contributed by atoms with Gasteiger partial charge in [-0.3, -0.25) is 4.79 Å². The van der Waals surface area contributed by atoms with Crippen LogP contribution in [0.15, 0.2) is 60.9 Å². The van der Waals surface area contributed by atoms with Gasteiger partial charge >= 0.3 is 5.97 Å². The number of hydrogen-bond donors (Lipinski definition) is 2. The third kappa shape index (κ3) is 4.42. The first-order chi connectivity index (χ1) is 13.6. The molecule has 3 rings (SSSR count). The summed E-state index contributed by atoms with van der Waals surface area (Å²) in [4.78, 5) is 32.3. The molecule has 0 radical (unpaired) electrons. The first kappa shape index (κ1) is 18.8. The van der Waals surface area contributed by atoms with Gasteiger partial charge in [0.05, 0.1) is 25.5 Å². The molecule has 0 unspecified atom stereocenters. The van der Waals surface area contributed by atoms with E-state index in [1.807, 2.05) is 24.3 Å². The number of rotatable bonds is 6. The van der Waals surface area contributed by atoms with Gasteiger partial charge in [0.1, 0.15) is 23.6 Å². The SMILES string of the molecule is COC(=O)c1cccc(NC(=O)c2cc(Nc3ccccc3OC)ncn2)c1. The lowest BCUT2D eigenvalue weighted by atomic mass is 10.2. The highest BCUT2D eigenvalue weighted by Crippen LogP contribution is 2.26. The number of ether oxygens (including phenoxy) is 2. The Morgan fingerprint density at radius 3 is 2.57 bits per heavy atom. The number of hydrogen-bond acceptors (Lipinski definition) is 7. The van der Waals surface area contributed by atoms with Crippen LogP contribution in [-0.2, 0) is 4.74 Å². The monoisotopic (exact) mass is 378 g/mol. The summed E-state index contributed by atoms with van der Waals surface area (Å²) >= 11 is 0. The maximum Gasteiger partial charge on any atom is 0.337 e. The van der Waals surface area contributed by atoms with Crippen LogP contribution >= 0.6 is 0 Å². The van der Waals surface area contributed by atoms with Gasteiger partial charge in [0.2, 0.25) is 0 Å². The zero-order valence-electron chi connectivity index (χ0n) is 15.3. The molecule has 3 aromatic rings. The zero-order chi connectivity index (χ0) is 19.9. The molecule has 0 saturated heterocycles. The fraction of sp³-hybridized carbons (Fsp3) is 0.100. The third-order valence-electron chi connectivity index (χ3n) is 3.81. The maximum atomic E-state index is 12.5. The van der Waals surface area contributed by atoms with Crippen molar-refractivity contribution in [1.82, 2.24) is 9.97 Å². The number of carbonyl (C=O) groups excluding carboxylic acids is 2. The summed E-state index contributed by atoms with van der Waals surface area (Å²) in [6.45, 7) is 0. The number of benzene rings is 2. The average molecular weight is 378 g/mol. The van der Waals surface area contributed by atoms with E-state index in [9.17, 15) is 9.59 Å². The Labute approximate surface area is 161 Å². The van der Waals surface area contributed by atoms with Gasteiger partial charge in [-0.2, -0.15) is 0 Å². The summed E-state index contributed by atoms with van der Waals surface area (Å²) in [6, 6.07) is 15.3. The van der Waals surface area contributed by atoms with Crippen molar-refractivity contribution in [2.75, 3.05) is 24.9 Å². The Morgan fingerprint density at radius 2 is 1.79 bits per heavy atom. The molecule has 0 spiro atoms. The molecule has 0 atom stereocenters. The predicted molar refractivity (Wildman–Crippen MR) is 104 cm³/mol. The maximum absolute atomic E-state index is 12.5. The van der Waals surface area contributed by atoms with E-state index in [0.717, 1.165) is 0 Å². The van der Waals surface area contributed by atoms with E-state index in [-0.39, 0.29) is 5.69 Å². The summed E-state index contributed by atoms with van der Waals surface area (Å²) < 4.78 is 9.97. The molecule has 0 aliphatic rings. The van der Waals surface area contributed by atoms with E-state index < -0.39 is 11.9 Å². The predicted octanol–water partition coefficient (Wildman–Crippen LogP) is 3.27. The molecule has 1 heterocycles. The number of methoxy groups -OCH3 is 2. The van der Waals surface area contributed by atoms with Crippen molar-refractivity contribution >= 4 is 29.1 Å². The lowest BCUT2D eigenvalue weighted by Gasteiger charge is -2.11. The number of nitrogens with one attached hydrogen (secondary N) is 2. The number of para-hydroxylation sites is 2. The molecular formula is C20H18N4O4. The zero-order valence-corrected chi connectivity index (χ0v) is 15.3. The van der Waals surface area contributed by atoms with Crippen LogP contribution in [0.4, 0.5) is 17.2 Å². The number of nitrogens with zero attached hydrogens (tertiary/aromatic N) is 2. The molecule has 0 aliphatic carbocycles. The van der Waals surface area contributed by atoms with Gasteiger partial charge in [0, 0.05) is 11.8 Å². The fourth-order valence-electron chi connectivity index (χ4n) is 2.47. The van der Waals surface area contributed by atoms with Crippen LogP contribution < -0.4 is 15.4 Å². The van der Waals surface area contributed by atoms with Crippen LogP contribution in [0.1, 0.15) is 20.8 Å². The average Bonchev–Trinajstić information content (AvgIpc) is 2.74. The second-order valence-corrected chi connectivity index (χ2v) is 5.64. The smallest absolute Gasteiger partial charge is 0.337 e. The van der Waals surface area contributed by atoms with Gasteiger partial charge in [0.25, 0.3) is 5.91 Å². The third-order valence-corrected chi connectivity index (χ3v) is 3.81. The van der Waals surface area contributed by atoms with E-state index in [0.29, 0.717) is 28.5 Å². The summed E-state index contributed by atoms with van der Waals surface area (Å²) in [5.74, 6) is 0.161. The van der Waals surface area contributed by atoms with Gasteiger partial charge < -0.3 is 20.1 Å².